The highest BCUT2D eigenvalue weighted by Crippen LogP contribution is 2.33. The molecule has 0 saturated carbocycles. The Hall–Kier alpha value is -0.970. The Morgan fingerprint density at radius 3 is 2.95 bits per heavy atom. The molecule has 2 aromatic rings. The minimum Gasteiger partial charge on any atom is -0.307 e. The lowest BCUT2D eigenvalue weighted by Crippen LogP contribution is -2.17. The summed E-state index contributed by atoms with van der Waals surface area (Å²) in [5.41, 5.74) is 2.18. The molecule has 5 heteroatoms. The zero-order valence-electron chi connectivity index (χ0n) is 10.5. The summed E-state index contributed by atoms with van der Waals surface area (Å²) in [6, 6.07) is 4.82. The Morgan fingerprint density at radius 1 is 1.42 bits per heavy atom. The van der Waals surface area contributed by atoms with Gasteiger partial charge in [0.1, 0.15) is 10.8 Å². The van der Waals surface area contributed by atoms with Crippen LogP contribution < -0.4 is 5.32 Å². The Morgan fingerprint density at radius 2 is 2.26 bits per heavy atom. The van der Waals surface area contributed by atoms with Gasteiger partial charge in [0.2, 0.25) is 0 Å². The van der Waals surface area contributed by atoms with Crippen LogP contribution in [-0.4, -0.2) is 12.0 Å². The van der Waals surface area contributed by atoms with Crippen molar-refractivity contribution in [1.82, 2.24) is 10.3 Å². The maximum atomic E-state index is 13.2. The van der Waals surface area contributed by atoms with E-state index in [1.807, 2.05) is 7.05 Å². The lowest BCUT2D eigenvalue weighted by Gasteiger charge is -2.14. The number of benzene rings is 1. The average molecular weight is 297 g/mol. The minimum absolute atomic E-state index is 0.0197. The number of hydrogen-bond donors (Lipinski definition) is 1. The van der Waals surface area contributed by atoms with Crippen molar-refractivity contribution in [1.29, 1.82) is 0 Å². The van der Waals surface area contributed by atoms with Crippen molar-refractivity contribution in [2.45, 2.75) is 25.3 Å². The molecular formula is C14H14ClFN2S. The number of aromatic nitrogens is 1. The molecule has 1 aromatic carbocycles. The topological polar surface area (TPSA) is 24.9 Å². The van der Waals surface area contributed by atoms with Crippen LogP contribution in [0.2, 0.25) is 5.02 Å². The Balaban J connectivity index is 1.96. The van der Waals surface area contributed by atoms with E-state index in [1.165, 1.54) is 23.1 Å². The first-order valence-corrected chi connectivity index (χ1v) is 7.49. The molecule has 0 spiro atoms. The molecule has 1 aliphatic carbocycles. The van der Waals surface area contributed by atoms with Crippen LogP contribution in [0.25, 0.3) is 0 Å². The molecule has 1 N–H and O–H groups in total. The summed E-state index contributed by atoms with van der Waals surface area (Å²) >= 11 is 7.61. The predicted molar refractivity (Wildman–Crippen MR) is 76.5 cm³/mol. The molecule has 1 atom stereocenters. The molecule has 0 aliphatic heterocycles. The molecule has 3 rings (SSSR count). The second-order valence-electron chi connectivity index (χ2n) is 4.67. The van der Waals surface area contributed by atoms with Crippen molar-refractivity contribution < 1.29 is 4.39 Å². The van der Waals surface area contributed by atoms with Gasteiger partial charge in [-0.3, -0.25) is 0 Å². The van der Waals surface area contributed by atoms with Gasteiger partial charge >= 0.3 is 0 Å². The molecule has 0 fully saturated rings. The van der Waals surface area contributed by atoms with Gasteiger partial charge in [-0.2, -0.15) is 0 Å². The Kier molecular flexibility index (Phi) is 3.56. The largest absolute Gasteiger partial charge is 0.307 e. The number of nitrogens with one attached hydrogen (secondary N) is 1. The summed E-state index contributed by atoms with van der Waals surface area (Å²) in [5, 5.41) is 4.43. The fourth-order valence-electron chi connectivity index (χ4n) is 2.46. The van der Waals surface area contributed by atoms with Crippen LogP contribution in [0.3, 0.4) is 0 Å². The molecule has 19 heavy (non-hydrogen) atoms. The van der Waals surface area contributed by atoms with E-state index in [-0.39, 0.29) is 16.9 Å². The molecule has 0 amide bonds. The molecule has 100 valence electrons. The van der Waals surface area contributed by atoms with Crippen molar-refractivity contribution >= 4 is 22.9 Å². The fourth-order valence-corrected chi connectivity index (χ4v) is 3.94. The number of halogens is 2. The molecule has 1 aromatic heterocycles. The third-order valence-electron chi connectivity index (χ3n) is 3.42. The van der Waals surface area contributed by atoms with Crippen molar-refractivity contribution in [3.63, 3.8) is 0 Å². The fraction of sp³-hybridized carbons (Fsp3) is 0.357. The number of fused-ring (bicyclic) bond motifs is 1. The van der Waals surface area contributed by atoms with Gasteiger partial charge in [0.05, 0.1) is 16.8 Å². The van der Waals surface area contributed by atoms with Crippen LogP contribution in [0.15, 0.2) is 18.2 Å². The molecule has 1 unspecified atom stereocenters. The number of rotatable bonds is 3. The third-order valence-corrected chi connectivity index (χ3v) is 4.94. The van der Waals surface area contributed by atoms with E-state index in [0.717, 1.165) is 23.4 Å². The molecule has 1 aliphatic rings. The van der Waals surface area contributed by atoms with Gasteiger partial charge in [0.25, 0.3) is 0 Å². The second-order valence-corrected chi connectivity index (χ2v) is 6.19. The predicted octanol–water partition coefficient (Wildman–Crippen LogP) is 3.73. The molecule has 0 bridgehead atoms. The maximum Gasteiger partial charge on any atom is 0.141 e. The highest BCUT2D eigenvalue weighted by Gasteiger charge is 2.22. The van der Waals surface area contributed by atoms with Crippen molar-refractivity contribution in [2.24, 2.45) is 0 Å². The van der Waals surface area contributed by atoms with E-state index in [9.17, 15) is 4.39 Å². The monoisotopic (exact) mass is 296 g/mol. The van der Waals surface area contributed by atoms with Crippen molar-refractivity contribution in [3.05, 3.63) is 50.2 Å². The van der Waals surface area contributed by atoms with Gasteiger partial charge < -0.3 is 5.32 Å². The van der Waals surface area contributed by atoms with E-state index in [4.69, 9.17) is 16.6 Å². The van der Waals surface area contributed by atoms with Crippen LogP contribution in [-0.2, 0) is 12.8 Å². The van der Waals surface area contributed by atoms with E-state index >= 15 is 0 Å². The average Bonchev–Trinajstić information content (AvgIpc) is 2.95. The zero-order valence-corrected chi connectivity index (χ0v) is 12.1. The van der Waals surface area contributed by atoms with E-state index < -0.39 is 0 Å². The molecular weight excluding hydrogens is 283 g/mol. The number of thiazole rings is 1. The molecule has 0 radical (unpaired) electrons. The molecule has 1 heterocycles. The summed E-state index contributed by atoms with van der Waals surface area (Å²) < 4.78 is 13.2. The van der Waals surface area contributed by atoms with Gasteiger partial charge in [-0.25, -0.2) is 9.37 Å². The van der Waals surface area contributed by atoms with Gasteiger partial charge in [0.15, 0.2) is 0 Å². The molecule has 2 nitrogen and oxygen atoms in total. The van der Waals surface area contributed by atoms with Crippen LogP contribution in [0.4, 0.5) is 4.39 Å². The number of hydrogen-bond acceptors (Lipinski definition) is 3. The summed E-state index contributed by atoms with van der Waals surface area (Å²) in [7, 11) is 1.88. The van der Waals surface area contributed by atoms with E-state index in [0.29, 0.717) is 0 Å². The summed E-state index contributed by atoms with van der Waals surface area (Å²) in [6.07, 6.45) is 3.42. The van der Waals surface area contributed by atoms with Crippen molar-refractivity contribution in [2.75, 3.05) is 7.05 Å². The van der Waals surface area contributed by atoms with E-state index in [1.54, 1.807) is 23.5 Å². The quantitative estimate of drug-likeness (QED) is 0.933. The van der Waals surface area contributed by atoms with Crippen molar-refractivity contribution in [3.8, 4) is 0 Å². The summed E-state index contributed by atoms with van der Waals surface area (Å²) in [6.45, 7) is 0. The van der Waals surface area contributed by atoms with Gasteiger partial charge in [-0.15, -0.1) is 11.3 Å². The summed E-state index contributed by atoms with van der Waals surface area (Å²) in [4.78, 5) is 6.10. The third kappa shape index (κ3) is 2.40. The minimum atomic E-state index is -0.387. The molecule has 0 saturated heterocycles. The van der Waals surface area contributed by atoms with Crippen LogP contribution in [0, 0.1) is 5.82 Å². The highest BCUT2D eigenvalue weighted by atomic mass is 35.5. The Labute approximate surface area is 120 Å². The smallest absolute Gasteiger partial charge is 0.141 e. The van der Waals surface area contributed by atoms with Crippen LogP contribution in [0.1, 0.15) is 33.6 Å². The first-order valence-electron chi connectivity index (χ1n) is 6.29. The van der Waals surface area contributed by atoms with Gasteiger partial charge in [0, 0.05) is 4.88 Å². The SMILES string of the molecule is CNC(c1ccc(F)c(Cl)c1)c1nc2c(s1)CCC2. The first-order chi connectivity index (χ1) is 9.19. The van der Waals surface area contributed by atoms with E-state index in [2.05, 4.69) is 5.32 Å². The van der Waals surface area contributed by atoms with Gasteiger partial charge in [-0.1, -0.05) is 17.7 Å². The zero-order chi connectivity index (χ0) is 13.4. The normalized spacial score (nSPS) is 15.5. The van der Waals surface area contributed by atoms with Gasteiger partial charge in [-0.05, 0) is 44.0 Å². The first kappa shape index (κ1) is 13.0. The standard InChI is InChI=1S/C14H14ClFN2S/c1-17-13(8-5-6-10(16)9(15)7-8)14-18-11-3-2-4-12(11)19-14/h5-7,13,17H,2-4H2,1H3. The highest BCUT2D eigenvalue weighted by molar-refractivity contribution is 7.11. The number of nitrogens with zero attached hydrogens (tertiary/aromatic N) is 1. The van der Waals surface area contributed by atoms with Crippen LogP contribution >= 0.6 is 22.9 Å². The Bertz CT molecular complexity index is 590. The number of aryl methyl sites for hydroxylation is 2. The lowest BCUT2D eigenvalue weighted by atomic mass is 10.1. The lowest BCUT2D eigenvalue weighted by molar-refractivity contribution is 0.623. The second kappa shape index (κ2) is 5.19. The van der Waals surface area contributed by atoms with Crippen LogP contribution in [0.5, 0.6) is 0 Å². The summed E-state index contributed by atoms with van der Waals surface area (Å²) in [5.74, 6) is -0.387. The maximum absolute atomic E-state index is 13.2.